The zero-order valence-corrected chi connectivity index (χ0v) is 20.9. The Bertz CT molecular complexity index is 1210. The van der Waals surface area contributed by atoms with Crippen molar-refractivity contribution in [3.63, 3.8) is 0 Å². The molecule has 1 saturated carbocycles. The van der Waals surface area contributed by atoms with Crippen LogP contribution in [0.25, 0.3) is 22.0 Å². The molecule has 0 bridgehead atoms. The number of rotatable bonds is 7. The van der Waals surface area contributed by atoms with E-state index in [-0.39, 0.29) is 16.6 Å². The van der Waals surface area contributed by atoms with Gasteiger partial charge in [-0.3, -0.25) is 9.78 Å². The molecule has 1 fully saturated rings. The molecule has 2 aromatic carbocycles. The van der Waals surface area contributed by atoms with Crippen LogP contribution in [0.2, 0.25) is 5.02 Å². The molecule has 2 atom stereocenters. The number of ketones is 1. The van der Waals surface area contributed by atoms with E-state index in [2.05, 4.69) is 29.3 Å². The summed E-state index contributed by atoms with van der Waals surface area (Å²) in [5.41, 5.74) is 3.96. The average Bonchev–Trinajstić information content (AvgIpc) is 2.80. The number of phenolic OH excluding ortho intramolecular Hbond substituents is 1. The zero-order chi connectivity index (χ0) is 24.4. The summed E-state index contributed by atoms with van der Waals surface area (Å²) >= 11 is 6.24. The lowest BCUT2D eigenvalue weighted by molar-refractivity contribution is 0.101. The molecule has 2 unspecified atom stereocenters. The summed E-state index contributed by atoms with van der Waals surface area (Å²) in [7, 11) is 5.73. The summed E-state index contributed by atoms with van der Waals surface area (Å²) in [4.78, 5) is 19.3. The number of nitrogens with one attached hydrogen (secondary N) is 1. The van der Waals surface area contributed by atoms with Gasteiger partial charge in [0.1, 0.15) is 0 Å². The normalized spacial score (nSPS) is 18.3. The molecule has 1 heterocycles. The van der Waals surface area contributed by atoms with Gasteiger partial charge in [-0.2, -0.15) is 0 Å². The van der Waals surface area contributed by atoms with Crippen molar-refractivity contribution >= 4 is 34.0 Å². The first-order valence-corrected chi connectivity index (χ1v) is 12.1. The fraction of sp³-hybridized carbons (Fsp3) is 0.407. The lowest BCUT2D eigenvalue weighted by Gasteiger charge is -2.32. The number of nitrogens with zero attached hydrogens (tertiary/aromatic N) is 2. The molecule has 1 aliphatic carbocycles. The molecule has 4 rings (SSSR count). The predicted octanol–water partition coefficient (Wildman–Crippen LogP) is 6.00. The number of hydrogen-bond acceptors (Lipinski definition) is 6. The predicted molar refractivity (Wildman–Crippen MR) is 138 cm³/mol. The first-order valence-electron chi connectivity index (χ1n) is 11.7. The molecule has 0 saturated heterocycles. The molecule has 2 N–H and O–H groups in total. The second-order valence-electron chi connectivity index (χ2n) is 9.48. The first kappa shape index (κ1) is 24.3. The van der Waals surface area contributed by atoms with Crippen molar-refractivity contribution in [2.45, 2.75) is 38.6 Å². The summed E-state index contributed by atoms with van der Waals surface area (Å²) in [5.74, 6) is 0.849. The number of phenols is 1. The number of halogens is 1. The minimum absolute atomic E-state index is 0.0164. The topological polar surface area (TPSA) is 74.7 Å². The largest absolute Gasteiger partial charge is 0.503 e. The lowest BCUT2D eigenvalue weighted by Crippen LogP contribution is -2.32. The number of anilines is 1. The number of Topliss-reactive ketones (excluding diaryl/α,β-unsaturated/α-hetero) is 1. The van der Waals surface area contributed by atoms with Crippen LogP contribution in [0.3, 0.4) is 0 Å². The Hall–Kier alpha value is -2.83. The number of carbonyl (C=O) groups excluding carboxylic acids is 1. The summed E-state index contributed by atoms with van der Waals surface area (Å²) in [6, 6.07) is 9.70. The van der Waals surface area contributed by atoms with E-state index >= 15 is 0 Å². The molecule has 0 amide bonds. The average molecular weight is 482 g/mol. The van der Waals surface area contributed by atoms with Crippen LogP contribution in [0.15, 0.2) is 36.5 Å². The Labute approximate surface area is 205 Å². The van der Waals surface area contributed by atoms with E-state index in [1.807, 2.05) is 18.2 Å². The van der Waals surface area contributed by atoms with Crippen LogP contribution >= 0.6 is 11.6 Å². The van der Waals surface area contributed by atoms with Crippen LogP contribution in [0.4, 0.5) is 5.69 Å². The smallest absolute Gasteiger partial charge is 0.176 e. The van der Waals surface area contributed by atoms with Crippen LogP contribution in [-0.4, -0.2) is 54.6 Å². The number of ether oxygens (including phenoxy) is 1. The molecule has 180 valence electrons. The van der Waals surface area contributed by atoms with Gasteiger partial charge in [-0.15, -0.1) is 0 Å². The van der Waals surface area contributed by atoms with Crippen molar-refractivity contribution in [1.82, 2.24) is 9.88 Å². The zero-order valence-electron chi connectivity index (χ0n) is 20.2. The van der Waals surface area contributed by atoms with E-state index in [1.165, 1.54) is 20.0 Å². The number of hydrogen-bond donors (Lipinski definition) is 2. The first-order chi connectivity index (χ1) is 16.3. The maximum Gasteiger partial charge on any atom is 0.176 e. The van der Waals surface area contributed by atoms with E-state index in [0.29, 0.717) is 23.3 Å². The Morgan fingerprint density at radius 1 is 1.24 bits per heavy atom. The Balaban J connectivity index is 1.77. The van der Waals surface area contributed by atoms with Gasteiger partial charge in [0.2, 0.25) is 0 Å². The molecule has 3 aromatic rings. The monoisotopic (exact) mass is 481 g/mol. The molecule has 1 aliphatic rings. The molecule has 1 aromatic heterocycles. The highest BCUT2D eigenvalue weighted by Crippen LogP contribution is 2.40. The lowest BCUT2D eigenvalue weighted by atomic mass is 9.85. The minimum Gasteiger partial charge on any atom is -0.503 e. The summed E-state index contributed by atoms with van der Waals surface area (Å²) in [5, 5.41) is 15.0. The van der Waals surface area contributed by atoms with Crippen LogP contribution in [0, 0.1) is 5.92 Å². The molecule has 6 nitrogen and oxygen atoms in total. The van der Waals surface area contributed by atoms with Crippen LogP contribution < -0.4 is 10.1 Å². The molecule has 0 aliphatic heterocycles. The van der Waals surface area contributed by atoms with Crippen molar-refractivity contribution in [1.29, 1.82) is 0 Å². The third-order valence-corrected chi connectivity index (χ3v) is 6.87. The van der Waals surface area contributed by atoms with Gasteiger partial charge in [0.25, 0.3) is 0 Å². The van der Waals surface area contributed by atoms with Gasteiger partial charge in [-0.05, 0) is 81.6 Å². The second kappa shape index (κ2) is 10.2. The van der Waals surface area contributed by atoms with Crippen molar-refractivity contribution in [3.8, 4) is 22.6 Å². The number of aromatic nitrogens is 1. The molecule has 0 radical (unpaired) electrons. The molecule has 34 heavy (non-hydrogen) atoms. The van der Waals surface area contributed by atoms with Crippen molar-refractivity contribution in [2.75, 3.05) is 33.1 Å². The van der Waals surface area contributed by atoms with Crippen LogP contribution in [-0.2, 0) is 0 Å². The maximum atomic E-state index is 12.5. The van der Waals surface area contributed by atoms with Crippen LogP contribution in [0.1, 0.15) is 43.0 Å². The maximum absolute atomic E-state index is 12.5. The fourth-order valence-corrected chi connectivity index (χ4v) is 5.21. The van der Waals surface area contributed by atoms with Gasteiger partial charge < -0.3 is 20.1 Å². The SMILES string of the molecule is COc1cc(-c2ccc3ncc(C(C)=O)c(NC4CCCC(CN(C)C)C4)c3c2)cc(Cl)c1O. The number of carbonyl (C=O) groups is 1. The van der Waals surface area contributed by atoms with Crippen molar-refractivity contribution in [3.05, 3.63) is 47.1 Å². The highest BCUT2D eigenvalue weighted by atomic mass is 35.5. The van der Waals surface area contributed by atoms with Crippen molar-refractivity contribution < 1.29 is 14.6 Å². The summed E-state index contributed by atoms with van der Waals surface area (Å²) < 4.78 is 5.28. The Kier molecular flexibility index (Phi) is 7.29. The number of aromatic hydroxyl groups is 1. The molecular formula is C27H32ClN3O3. The van der Waals surface area contributed by atoms with Gasteiger partial charge in [0.15, 0.2) is 17.3 Å². The van der Waals surface area contributed by atoms with E-state index in [4.69, 9.17) is 16.3 Å². The minimum atomic E-state index is -0.0822. The van der Waals surface area contributed by atoms with E-state index < -0.39 is 0 Å². The third kappa shape index (κ3) is 5.13. The van der Waals surface area contributed by atoms with Crippen molar-refractivity contribution in [2.24, 2.45) is 5.92 Å². The highest BCUT2D eigenvalue weighted by molar-refractivity contribution is 6.32. The van der Waals surface area contributed by atoms with Gasteiger partial charge >= 0.3 is 0 Å². The fourth-order valence-electron chi connectivity index (χ4n) is 5.00. The van der Waals surface area contributed by atoms with E-state index in [1.54, 1.807) is 25.3 Å². The standard InChI is InChI=1S/C27H32ClN3O3/c1-16(32)22-14-29-24-9-8-18(19-12-23(28)27(33)25(13-19)34-4)11-21(24)26(22)30-20-7-5-6-17(10-20)15-31(2)3/h8-9,11-14,17,20,33H,5-7,10,15H2,1-4H3,(H,29,30). The van der Waals surface area contributed by atoms with E-state index in [0.717, 1.165) is 47.1 Å². The van der Waals surface area contributed by atoms with Gasteiger partial charge in [0.05, 0.1) is 28.9 Å². The second-order valence-corrected chi connectivity index (χ2v) is 9.89. The summed E-state index contributed by atoms with van der Waals surface area (Å²) in [6.07, 6.45) is 6.23. The summed E-state index contributed by atoms with van der Waals surface area (Å²) in [6.45, 7) is 2.65. The van der Waals surface area contributed by atoms with Gasteiger partial charge in [-0.25, -0.2) is 0 Å². The van der Waals surface area contributed by atoms with Gasteiger partial charge in [0, 0.05) is 24.2 Å². The number of pyridine rings is 1. The number of benzene rings is 2. The van der Waals surface area contributed by atoms with Gasteiger partial charge in [-0.1, -0.05) is 24.1 Å². The number of fused-ring (bicyclic) bond motifs is 1. The Morgan fingerprint density at radius 3 is 2.74 bits per heavy atom. The third-order valence-electron chi connectivity index (χ3n) is 6.58. The van der Waals surface area contributed by atoms with E-state index in [9.17, 15) is 9.90 Å². The molecular weight excluding hydrogens is 450 g/mol. The van der Waals surface area contributed by atoms with Crippen LogP contribution in [0.5, 0.6) is 11.5 Å². The quantitative estimate of drug-likeness (QED) is 0.403. The highest BCUT2D eigenvalue weighted by Gasteiger charge is 2.24. The Morgan fingerprint density at radius 2 is 2.03 bits per heavy atom. The molecule has 7 heteroatoms. The molecule has 0 spiro atoms. The number of methoxy groups -OCH3 is 1.